The lowest BCUT2D eigenvalue weighted by molar-refractivity contribution is 0.816. The highest BCUT2D eigenvalue weighted by atomic mass is 15.3. The highest BCUT2D eigenvalue weighted by Crippen LogP contribution is 2.13. The molecule has 72 valence electrons. The zero-order chi connectivity index (χ0) is 10.7. The Morgan fingerprint density at radius 1 is 1.00 bits per heavy atom. The summed E-state index contributed by atoms with van der Waals surface area (Å²) in [6.07, 6.45) is 0. The molecule has 15 heavy (non-hydrogen) atoms. The van der Waals surface area contributed by atoms with Crippen LogP contribution < -0.4 is 0 Å². The van der Waals surface area contributed by atoms with Crippen LogP contribution in [0.1, 0.15) is 11.4 Å². The highest BCUT2D eigenvalue weighted by molar-refractivity contribution is 5.55. The summed E-state index contributed by atoms with van der Waals surface area (Å²) in [4.78, 5) is 0. The van der Waals surface area contributed by atoms with Crippen molar-refractivity contribution in [3.05, 3.63) is 35.7 Å². The monoisotopic (exact) mass is 197 g/mol. The molecule has 1 aromatic heterocycles. The standard InChI is InChI=1S/C10H7N5/c1-7-12-14-10(15-13-7)9-4-2-8(6-11)3-5-9/h2-5H,1H3. The zero-order valence-electron chi connectivity index (χ0n) is 8.05. The van der Waals surface area contributed by atoms with Gasteiger partial charge in [-0.05, 0) is 31.2 Å². The van der Waals surface area contributed by atoms with Gasteiger partial charge in [-0.15, -0.1) is 20.4 Å². The summed E-state index contributed by atoms with van der Waals surface area (Å²) in [5, 5.41) is 24.0. The van der Waals surface area contributed by atoms with Crippen LogP contribution >= 0.6 is 0 Å². The van der Waals surface area contributed by atoms with E-state index in [1.807, 2.05) is 6.07 Å². The predicted molar refractivity (Wildman–Crippen MR) is 52.5 cm³/mol. The minimum atomic E-state index is 0.463. The third-order valence-electron chi connectivity index (χ3n) is 1.85. The SMILES string of the molecule is Cc1nnc(-c2ccc(C#N)cc2)nn1. The Balaban J connectivity index is 2.38. The average Bonchev–Trinajstić information content (AvgIpc) is 2.30. The number of aromatic nitrogens is 4. The van der Waals surface area contributed by atoms with Crippen LogP contribution in [-0.4, -0.2) is 20.4 Å². The summed E-state index contributed by atoms with van der Waals surface area (Å²) in [6, 6.07) is 9.00. The van der Waals surface area contributed by atoms with Gasteiger partial charge in [0, 0.05) is 5.56 Å². The second kappa shape index (κ2) is 3.80. The van der Waals surface area contributed by atoms with Gasteiger partial charge in [-0.25, -0.2) is 0 Å². The van der Waals surface area contributed by atoms with Gasteiger partial charge in [0.05, 0.1) is 11.6 Å². The average molecular weight is 197 g/mol. The normalized spacial score (nSPS) is 9.60. The molecule has 0 aliphatic rings. The molecule has 0 unspecified atom stereocenters. The van der Waals surface area contributed by atoms with Gasteiger partial charge in [0.1, 0.15) is 0 Å². The predicted octanol–water partition coefficient (Wildman–Crippen LogP) is 1.11. The first kappa shape index (κ1) is 9.21. The summed E-state index contributed by atoms with van der Waals surface area (Å²) >= 11 is 0. The maximum atomic E-state index is 8.63. The molecule has 0 fully saturated rings. The van der Waals surface area contributed by atoms with Crippen molar-refractivity contribution in [1.82, 2.24) is 20.4 Å². The lowest BCUT2D eigenvalue weighted by Gasteiger charge is -1.97. The van der Waals surface area contributed by atoms with E-state index in [2.05, 4.69) is 20.4 Å². The number of benzene rings is 1. The smallest absolute Gasteiger partial charge is 0.192 e. The van der Waals surface area contributed by atoms with Crippen molar-refractivity contribution in [2.45, 2.75) is 6.92 Å². The van der Waals surface area contributed by atoms with Gasteiger partial charge < -0.3 is 0 Å². The molecular formula is C10H7N5. The van der Waals surface area contributed by atoms with E-state index < -0.39 is 0 Å². The van der Waals surface area contributed by atoms with E-state index in [1.54, 1.807) is 31.2 Å². The topological polar surface area (TPSA) is 75.3 Å². The molecule has 1 aromatic carbocycles. The third-order valence-corrected chi connectivity index (χ3v) is 1.85. The molecule has 0 spiro atoms. The van der Waals surface area contributed by atoms with Crippen LogP contribution in [0.3, 0.4) is 0 Å². The summed E-state index contributed by atoms with van der Waals surface area (Å²) in [7, 11) is 0. The molecule has 0 N–H and O–H groups in total. The molecule has 0 atom stereocenters. The first-order valence-corrected chi connectivity index (χ1v) is 4.34. The number of rotatable bonds is 1. The Hall–Kier alpha value is -2.35. The number of aryl methyl sites for hydroxylation is 1. The summed E-state index contributed by atoms with van der Waals surface area (Å²) in [5.74, 6) is 0.998. The largest absolute Gasteiger partial charge is 0.203 e. The Kier molecular flexibility index (Phi) is 2.33. The fourth-order valence-electron chi connectivity index (χ4n) is 1.09. The number of hydrogen-bond acceptors (Lipinski definition) is 5. The summed E-state index contributed by atoms with van der Waals surface area (Å²) in [5.41, 5.74) is 1.40. The van der Waals surface area contributed by atoms with Crippen LogP contribution in [0, 0.1) is 18.3 Å². The maximum absolute atomic E-state index is 8.63. The van der Waals surface area contributed by atoms with Crippen LogP contribution in [0.25, 0.3) is 11.4 Å². The van der Waals surface area contributed by atoms with Crippen molar-refractivity contribution in [2.75, 3.05) is 0 Å². The van der Waals surface area contributed by atoms with E-state index in [4.69, 9.17) is 5.26 Å². The molecule has 0 saturated heterocycles. The first-order valence-electron chi connectivity index (χ1n) is 4.34. The highest BCUT2D eigenvalue weighted by Gasteiger charge is 2.02. The fraction of sp³-hybridized carbons (Fsp3) is 0.100. The molecule has 2 rings (SSSR count). The van der Waals surface area contributed by atoms with E-state index in [-0.39, 0.29) is 0 Å². The van der Waals surface area contributed by atoms with Gasteiger partial charge in [-0.1, -0.05) is 0 Å². The molecule has 1 heterocycles. The van der Waals surface area contributed by atoms with Gasteiger partial charge in [-0.3, -0.25) is 0 Å². The molecule has 0 amide bonds. The molecule has 5 nitrogen and oxygen atoms in total. The van der Waals surface area contributed by atoms with Crippen molar-refractivity contribution in [3.8, 4) is 17.5 Å². The molecule has 0 aliphatic carbocycles. The van der Waals surface area contributed by atoms with E-state index in [0.717, 1.165) is 5.56 Å². The Morgan fingerprint density at radius 2 is 1.60 bits per heavy atom. The number of hydrogen-bond donors (Lipinski definition) is 0. The quantitative estimate of drug-likeness (QED) is 0.684. The second-order valence-electron chi connectivity index (χ2n) is 2.96. The first-order chi connectivity index (χ1) is 7.29. The van der Waals surface area contributed by atoms with Gasteiger partial charge in [0.25, 0.3) is 0 Å². The van der Waals surface area contributed by atoms with Crippen LogP contribution in [0.2, 0.25) is 0 Å². The fourth-order valence-corrected chi connectivity index (χ4v) is 1.09. The van der Waals surface area contributed by atoms with Gasteiger partial charge in [-0.2, -0.15) is 5.26 Å². The van der Waals surface area contributed by atoms with Crippen molar-refractivity contribution in [1.29, 1.82) is 5.26 Å². The van der Waals surface area contributed by atoms with E-state index in [9.17, 15) is 0 Å². The van der Waals surface area contributed by atoms with Crippen molar-refractivity contribution >= 4 is 0 Å². The molecule has 0 saturated carbocycles. The van der Waals surface area contributed by atoms with Crippen LogP contribution in [0.4, 0.5) is 0 Å². The van der Waals surface area contributed by atoms with Gasteiger partial charge in [0.2, 0.25) is 5.82 Å². The molecule has 0 aliphatic heterocycles. The summed E-state index contributed by atoms with van der Waals surface area (Å²) < 4.78 is 0. The van der Waals surface area contributed by atoms with Gasteiger partial charge in [0.15, 0.2) is 5.82 Å². The maximum Gasteiger partial charge on any atom is 0.203 e. The van der Waals surface area contributed by atoms with Crippen molar-refractivity contribution in [2.24, 2.45) is 0 Å². The summed E-state index contributed by atoms with van der Waals surface area (Å²) in [6.45, 7) is 1.72. The van der Waals surface area contributed by atoms with E-state index >= 15 is 0 Å². The van der Waals surface area contributed by atoms with E-state index in [1.165, 1.54) is 0 Å². The third kappa shape index (κ3) is 1.94. The Morgan fingerprint density at radius 3 is 2.13 bits per heavy atom. The molecule has 0 bridgehead atoms. The molecular weight excluding hydrogens is 190 g/mol. The lowest BCUT2D eigenvalue weighted by Crippen LogP contribution is -1.98. The zero-order valence-corrected chi connectivity index (χ0v) is 8.05. The molecule has 2 aromatic rings. The Labute approximate surface area is 86.4 Å². The van der Waals surface area contributed by atoms with Crippen LogP contribution in [-0.2, 0) is 0 Å². The molecule has 0 radical (unpaired) electrons. The van der Waals surface area contributed by atoms with Gasteiger partial charge >= 0.3 is 0 Å². The molecule has 5 heteroatoms. The minimum absolute atomic E-state index is 0.463. The van der Waals surface area contributed by atoms with Crippen molar-refractivity contribution in [3.63, 3.8) is 0 Å². The van der Waals surface area contributed by atoms with E-state index in [0.29, 0.717) is 17.2 Å². The van der Waals surface area contributed by atoms with Crippen molar-refractivity contribution < 1.29 is 0 Å². The Bertz CT molecular complexity index is 495. The van der Waals surface area contributed by atoms with Crippen LogP contribution in [0.5, 0.6) is 0 Å². The minimum Gasteiger partial charge on any atom is -0.192 e. The number of nitriles is 1. The number of nitrogens with zero attached hydrogens (tertiary/aromatic N) is 5. The van der Waals surface area contributed by atoms with Crippen LogP contribution in [0.15, 0.2) is 24.3 Å². The lowest BCUT2D eigenvalue weighted by atomic mass is 10.1. The second-order valence-corrected chi connectivity index (χ2v) is 2.96.